The zero-order chi connectivity index (χ0) is 69.2. The Bertz CT molecular complexity index is 2670. The van der Waals surface area contributed by atoms with Gasteiger partial charge in [0.15, 0.2) is 0 Å². The van der Waals surface area contributed by atoms with Gasteiger partial charge in [0.25, 0.3) is 0 Å². The topological polar surface area (TPSA) is 0 Å². The van der Waals surface area contributed by atoms with Crippen LogP contribution in [0.15, 0.2) is 97.1 Å². The average Bonchev–Trinajstić information content (AvgIpc) is 0.836. The second-order valence-corrected chi connectivity index (χ2v) is 36.1. The average molecular weight is 1330 g/mol. The van der Waals surface area contributed by atoms with E-state index in [9.17, 15) is 0 Å². The van der Waals surface area contributed by atoms with E-state index >= 15 is 0 Å². The zero-order valence-electron chi connectivity index (χ0n) is 66.5. The number of unbranched alkanes of at least 4 members (excludes halogenated alkanes) is 3. The van der Waals surface area contributed by atoms with Gasteiger partial charge in [-0.1, -0.05) is 257 Å². The van der Waals surface area contributed by atoms with Gasteiger partial charge >= 0.3 is 0 Å². The Kier molecular flexibility index (Phi) is 33.9. The minimum Gasteiger partial charge on any atom is -0.0654 e. The number of aryl methyl sites for hydroxylation is 4. The van der Waals surface area contributed by atoms with Crippen molar-refractivity contribution in [3.05, 3.63) is 142 Å². The Balaban J connectivity index is 0.000000153. The second-order valence-electron chi connectivity index (χ2n) is 36.1. The number of benzene rings is 4. The summed E-state index contributed by atoms with van der Waals surface area (Å²) >= 11 is 0. The predicted molar refractivity (Wildman–Crippen MR) is 431 cm³/mol. The molecule has 8 saturated carbocycles. The van der Waals surface area contributed by atoms with E-state index < -0.39 is 0 Å². The van der Waals surface area contributed by atoms with Gasteiger partial charge in [-0.25, -0.2) is 0 Å². The van der Waals surface area contributed by atoms with Crippen molar-refractivity contribution in [1.82, 2.24) is 0 Å². The molecule has 98 heavy (non-hydrogen) atoms. The van der Waals surface area contributed by atoms with Gasteiger partial charge < -0.3 is 0 Å². The summed E-state index contributed by atoms with van der Waals surface area (Å²) in [6.45, 7) is 28.7. The Morgan fingerprint density at radius 1 is 0.235 bits per heavy atom. The molecule has 0 amide bonds. The highest BCUT2D eigenvalue weighted by Crippen LogP contribution is 2.53. The lowest BCUT2D eigenvalue weighted by atomic mass is 9.62. The van der Waals surface area contributed by atoms with Crippen molar-refractivity contribution < 1.29 is 0 Å². The van der Waals surface area contributed by atoms with E-state index in [1.54, 1.807) is 22.3 Å². The fourth-order valence-corrected chi connectivity index (χ4v) is 22.0. The quantitative estimate of drug-likeness (QED) is 0.0457. The van der Waals surface area contributed by atoms with Crippen LogP contribution in [0.5, 0.6) is 0 Å². The van der Waals surface area contributed by atoms with Crippen molar-refractivity contribution in [2.45, 2.75) is 376 Å². The molecule has 8 fully saturated rings. The third-order valence-electron chi connectivity index (χ3n) is 29.6. The summed E-state index contributed by atoms with van der Waals surface area (Å²) in [5.41, 5.74) is 12.5. The molecular weight excluding hydrogens is 1180 g/mol. The van der Waals surface area contributed by atoms with Gasteiger partial charge in [0.1, 0.15) is 0 Å². The van der Waals surface area contributed by atoms with Crippen LogP contribution < -0.4 is 0 Å². The van der Waals surface area contributed by atoms with Crippen molar-refractivity contribution in [2.75, 3.05) is 0 Å². The molecule has 0 radical (unpaired) electrons. The van der Waals surface area contributed by atoms with E-state index in [0.717, 1.165) is 125 Å². The van der Waals surface area contributed by atoms with Crippen molar-refractivity contribution in [2.24, 2.45) is 94.7 Å². The van der Waals surface area contributed by atoms with Gasteiger partial charge in [-0.15, -0.1) is 0 Å². The van der Waals surface area contributed by atoms with Gasteiger partial charge in [-0.3, -0.25) is 0 Å². The van der Waals surface area contributed by atoms with Crippen LogP contribution >= 0.6 is 0 Å². The molecule has 0 saturated heterocycles. The molecule has 4 aromatic carbocycles. The van der Waals surface area contributed by atoms with Crippen molar-refractivity contribution in [1.29, 1.82) is 0 Å². The maximum absolute atomic E-state index is 2.57. The summed E-state index contributed by atoms with van der Waals surface area (Å²) in [5, 5.41) is 0. The van der Waals surface area contributed by atoms with Gasteiger partial charge in [-0.05, 0) is 355 Å². The summed E-state index contributed by atoms with van der Waals surface area (Å²) < 4.78 is 0. The molecule has 0 spiro atoms. The normalized spacial score (nSPS) is 31.1. The lowest BCUT2D eigenvalue weighted by Gasteiger charge is -2.44. The zero-order valence-corrected chi connectivity index (χ0v) is 66.5. The van der Waals surface area contributed by atoms with Crippen molar-refractivity contribution in [3.63, 3.8) is 0 Å². The first-order valence-corrected chi connectivity index (χ1v) is 44.2. The van der Waals surface area contributed by atoms with Crippen molar-refractivity contribution in [3.8, 4) is 0 Å². The Morgan fingerprint density at radius 2 is 0.469 bits per heavy atom. The van der Waals surface area contributed by atoms with Gasteiger partial charge in [0.05, 0.1) is 0 Å². The molecule has 0 heterocycles. The molecule has 8 aliphatic rings. The molecule has 0 aromatic heterocycles. The molecule has 0 N–H and O–H groups in total. The van der Waals surface area contributed by atoms with E-state index in [0.29, 0.717) is 0 Å². The molecule has 0 bridgehead atoms. The minimum absolute atomic E-state index is 0.831. The van der Waals surface area contributed by atoms with Crippen LogP contribution in [-0.4, -0.2) is 0 Å². The van der Waals surface area contributed by atoms with Crippen LogP contribution in [0.3, 0.4) is 0 Å². The number of hydrogen-bond donors (Lipinski definition) is 0. The number of hydrogen-bond acceptors (Lipinski definition) is 0. The minimum atomic E-state index is 0.831. The summed E-state index contributed by atoms with van der Waals surface area (Å²) in [6.07, 6.45) is 59.7. The Morgan fingerprint density at radius 3 is 0.694 bits per heavy atom. The van der Waals surface area contributed by atoms with Crippen LogP contribution in [0.4, 0.5) is 0 Å². The third-order valence-corrected chi connectivity index (χ3v) is 29.6. The highest BCUT2D eigenvalue weighted by Gasteiger charge is 2.41. The summed E-state index contributed by atoms with van der Waals surface area (Å²) in [5.74, 6) is 19.8. The smallest absolute Gasteiger partial charge is 0.0162 e. The number of rotatable bonds is 30. The largest absolute Gasteiger partial charge is 0.0654 e. The monoisotopic (exact) mass is 1330 g/mol. The Labute approximate surface area is 609 Å². The van der Waals surface area contributed by atoms with Crippen LogP contribution in [0, 0.1) is 94.7 Å². The van der Waals surface area contributed by atoms with Crippen LogP contribution in [-0.2, 0) is 25.7 Å². The van der Waals surface area contributed by atoms with Crippen molar-refractivity contribution >= 4 is 0 Å². The molecule has 4 unspecified atom stereocenters. The van der Waals surface area contributed by atoms with E-state index in [-0.39, 0.29) is 0 Å². The third kappa shape index (κ3) is 23.4. The maximum atomic E-state index is 2.57. The highest BCUT2D eigenvalue weighted by atomic mass is 14.5. The SMILES string of the molecule is CCCC1CC(C(C)C2CCC(c3ccc(CC)cc3)CC2)C1.CCCCCc1ccc(C2CCC(C(C)C3CC(CCC)C3)CC2)cc1.CCCCc1ccc(C2CCC(C(C)C3CC(CCC)C3)CC2)cc1.CCCc1ccc(C2CCC(C(C)C3CC(CCC)C3)CC2)cc1. The highest BCUT2D eigenvalue weighted by molar-refractivity contribution is 5.29. The standard InChI is InChI=1S/C26H42.C25H40.C24H38.C23H36/c1-4-6-7-9-21-10-12-24(13-11-21)25-16-14-23(15-17-25)20(3)26-18-22(19-26)8-5-2;1-4-6-8-20-9-11-23(12-10-20)24-15-13-22(14-16-24)19(3)25-17-21(18-25)7-5-2;1-4-6-19-8-10-22(11-9-19)23-14-12-21(13-15-23)18(3)24-16-20(17-24)7-5-2;1-4-6-19-15-23(16-19)17(3)20-11-13-22(14-12-20)21-9-7-18(5-2)8-10-21/h10-13,20,22-23,25-26H,4-9,14-19H2,1-3H3;9-12,19,21-22,24-25H,4-8,13-18H2,1-3H3;8-11,18,20-21,23-24H,4-7,12-17H2,1-3H3;7-10,17,19-20,22-23H,4-6,11-16H2,1-3H3. The first-order chi connectivity index (χ1) is 47.8. The predicted octanol–water partition coefficient (Wildman–Crippen LogP) is 30.3. The van der Waals surface area contributed by atoms with Crippen LogP contribution in [0.25, 0.3) is 0 Å². The fraction of sp³-hybridized carbons (Fsp3) is 0.755. The summed E-state index contributed by atoms with van der Waals surface area (Å²) in [6, 6.07) is 38.4. The second kappa shape index (κ2) is 42.0. The van der Waals surface area contributed by atoms with Gasteiger partial charge in [0, 0.05) is 0 Å². The molecule has 0 aliphatic heterocycles. The molecule has 4 atom stereocenters. The molecule has 0 heteroatoms. The fourth-order valence-electron chi connectivity index (χ4n) is 22.0. The van der Waals surface area contributed by atoms with E-state index in [2.05, 4.69) is 180 Å². The van der Waals surface area contributed by atoms with E-state index in [1.165, 1.54) is 286 Å². The first-order valence-electron chi connectivity index (χ1n) is 44.2. The molecule has 0 nitrogen and oxygen atoms in total. The van der Waals surface area contributed by atoms with E-state index in [4.69, 9.17) is 0 Å². The molecular formula is C98H156. The summed E-state index contributed by atoms with van der Waals surface area (Å²) in [7, 11) is 0. The Hall–Kier alpha value is -3.12. The molecule has 8 aliphatic carbocycles. The molecule has 548 valence electrons. The van der Waals surface area contributed by atoms with E-state index in [1.807, 2.05) is 0 Å². The van der Waals surface area contributed by atoms with Crippen LogP contribution in [0.1, 0.15) is 395 Å². The maximum Gasteiger partial charge on any atom is -0.0162 e. The molecule has 12 rings (SSSR count). The lowest BCUT2D eigenvalue weighted by molar-refractivity contribution is 0.0727. The molecule has 4 aromatic rings. The first kappa shape index (κ1) is 79.0. The summed E-state index contributed by atoms with van der Waals surface area (Å²) in [4.78, 5) is 0. The lowest BCUT2D eigenvalue weighted by Crippen LogP contribution is -2.34. The van der Waals surface area contributed by atoms with Gasteiger partial charge in [-0.2, -0.15) is 0 Å². The van der Waals surface area contributed by atoms with Crippen LogP contribution in [0.2, 0.25) is 0 Å². The van der Waals surface area contributed by atoms with Gasteiger partial charge in [0.2, 0.25) is 0 Å².